The minimum atomic E-state index is -3.62. The van der Waals surface area contributed by atoms with Gasteiger partial charge in [0, 0.05) is 51.6 Å². The fourth-order valence-corrected chi connectivity index (χ4v) is 8.64. The van der Waals surface area contributed by atoms with Gasteiger partial charge in [0.25, 0.3) is 5.56 Å². The lowest BCUT2D eigenvalue weighted by Gasteiger charge is -2.40. The van der Waals surface area contributed by atoms with Crippen LogP contribution in [0.3, 0.4) is 0 Å². The van der Waals surface area contributed by atoms with Gasteiger partial charge in [0.1, 0.15) is 5.78 Å². The number of hydrogen-bond donors (Lipinski definition) is 1. The van der Waals surface area contributed by atoms with E-state index in [1.54, 1.807) is 11.6 Å². The monoisotopic (exact) mass is 492 g/mol. The third-order valence-electron chi connectivity index (χ3n) is 8.79. The summed E-state index contributed by atoms with van der Waals surface area (Å²) in [5.74, 6) is 0.801. The van der Waals surface area contributed by atoms with Crippen LogP contribution in [-0.2, 0) is 28.4 Å². The van der Waals surface area contributed by atoms with Gasteiger partial charge in [-0.05, 0) is 31.1 Å². The first-order valence-electron chi connectivity index (χ1n) is 11.9. The molecule has 2 aliphatic carbocycles. The molecule has 34 heavy (non-hydrogen) atoms. The third-order valence-corrected chi connectivity index (χ3v) is 10.8. The molecule has 2 bridgehead atoms. The molecule has 12 heteroatoms. The Labute approximate surface area is 197 Å². The quantitative estimate of drug-likeness (QED) is 0.635. The molecule has 186 valence electrons. The Bertz CT molecular complexity index is 1400. The highest BCUT2D eigenvalue weighted by atomic mass is 32.2. The molecule has 3 aliphatic rings. The molecule has 0 amide bonds. The van der Waals surface area contributed by atoms with Crippen molar-refractivity contribution in [1.29, 1.82) is 0 Å². The van der Waals surface area contributed by atoms with Crippen molar-refractivity contribution in [1.82, 2.24) is 23.4 Å². The lowest BCUT2D eigenvalue weighted by Crippen LogP contribution is -2.53. The van der Waals surface area contributed by atoms with E-state index >= 15 is 0 Å². The number of H-pyrrole nitrogens is 1. The molecule has 0 aromatic carbocycles. The number of aryl methyl sites for hydroxylation is 2. The molecule has 2 aromatic rings. The predicted octanol–water partition coefficient (Wildman–Crippen LogP) is 0.290. The highest BCUT2D eigenvalue weighted by Gasteiger charge is 2.65. The minimum absolute atomic E-state index is 0.100. The van der Waals surface area contributed by atoms with Crippen LogP contribution >= 0.6 is 0 Å². The maximum Gasteiger partial charge on any atom is 0.329 e. The van der Waals surface area contributed by atoms with Crippen molar-refractivity contribution < 1.29 is 13.2 Å². The molecule has 2 atom stereocenters. The average Bonchev–Trinajstić information content (AvgIpc) is 3.34. The van der Waals surface area contributed by atoms with Crippen molar-refractivity contribution in [2.24, 2.45) is 23.8 Å². The summed E-state index contributed by atoms with van der Waals surface area (Å²) >= 11 is 0. The standard InChI is InChI=1S/C22H32N6O5S/c1-5-28-16-17(25(4)20(31)24-18(16)30)23-19(28)26-8-10-27(11-9-26)34(32,33)13-22-7-6-14(12-15(22)29)21(22,2)3/h14H,5-13H2,1-4H3,(H,24,30,31)/t14-,22+/m0/s1. The van der Waals surface area contributed by atoms with Gasteiger partial charge >= 0.3 is 5.69 Å². The summed E-state index contributed by atoms with van der Waals surface area (Å²) in [6.07, 6.45) is 2.05. The molecule has 0 unspecified atom stereocenters. The van der Waals surface area contributed by atoms with Gasteiger partial charge in [0.2, 0.25) is 16.0 Å². The van der Waals surface area contributed by atoms with Crippen LogP contribution in [0, 0.1) is 16.7 Å². The Hall–Kier alpha value is -2.47. The molecule has 1 aliphatic heterocycles. The number of rotatable bonds is 5. The fourth-order valence-electron chi connectivity index (χ4n) is 6.44. The Kier molecular flexibility index (Phi) is 5.14. The normalized spacial score (nSPS) is 27.2. The molecule has 2 aromatic heterocycles. The van der Waals surface area contributed by atoms with E-state index < -0.39 is 26.7 Å². The lowest BCUT2D eigenvalue weighted by atomic mass is 9.70. The van der Waals surface area contributed by atoms with E-state index in [1.807, 2.05) is 25.7 Å². The van der Waals surface area contributed by atoms with Gasteiger partial charge in [-0.25, -0.2) is 13.2 Å². The molecule has 3 fully saturated rings. The number of hydrogen-bond acceptors (Lipinski definition) is 7. The van der Waals surface area contributed by atoms with Gasteiger partial charge in [0.15, 0.2) is 11.2 Å². The van der Waals surface area contributed by atoms with Crippen LogP contribution < -0.4 is 16.1 Å². The van der Waals surface area contributed by atoms with E-state index in [-0.39, 0.29) is 36.0 Å². The van der Waals surface area contributed by atoms with E-state index in [4.69, 9.17) is 0 Å². The second kappa shape index (κ2) is 7.51. The van der Waals surface area contributed by atoms with Gasteiger partial charge in [-0.15, -0.1) is 0 Å². The first-order chi connectivity index (χ1) is 15.9. The van der Waals surface area contributed by atoms with Crippen molar-refractivity contribution in [3.8, 4) is 0 Å². The Morgan fingerprint density at radius 2 is 1.79 bits per heavy atom. The summed E-state index contributed by atoms with van der Waals surface area (Å²) in [6.45, 7) is 7.83. The summed E-state index contributed by atoms with van der Waals surface area (Å²) in [5, 5.41) is 0. The Balaban J connectivity index is 1.38. The van der Waals surface area contributed by atoms with Crippen LogP contribution in [0.5, 0.6) is 0 Å². The number of piperazine rings is 1. The molecular weight excluding hydrogens is 460 g/mol. The number of anilines is 1. The van der Waals surface area contributed by atoms with Crippen LogP contribution in [0.1, 0.15) is 40.0 Å². The van der Waals surface area contributed by atoms with Crippen LogP contribution in [0.2, 0.25) is 0 Å². The van der Waals surface area contributed by atoms with E-state index in [0.29, 0.717) is 49.6 Å². The van der Waals surface area contributed by atoms with Gasteiger partial charge < -0.3 is 9.47 Å². The molecule has 1 saturated heterocycles. The van der Waals surface area contributed by atoms with Crippen molar-refractivity contribution >= 4 is 32.9 Å². The van der Waals surface area contributed by atoms with Crippen molar-refractivity contribution in [3.05, 3.63) is 20.8 Å². The number of fused-ring (bicyclic) bond motifs is 3. The molecular formula is C22H32N6O5S. The van der Waals surface area contributed by atoms with Crippen LogP contribution in [0.4, 0.5) is 5.95 Å². The maximum atomic E-state index is 13.4. The fraction of sp³-hybridized carbons (Fsp3) is 0.727. The van der Waals surface area contributed by atoms with Gasteiger partial charge in [0.05, 0.1) is 5.75 Å². The Morgan fingerprint density at radius 3 is 2.35 bits per heavy atom. The Morgan fingerprint density at radius 1 is 1.12 bits per heavy atom. The van der Waals surface area contributed by atoms with Gasteiger partial charge in [-0.1, -0.05) is 13.8 Å². The molecule has 2 saturated carbocycles. The molecule has 3 heterocycles. The predicted molar refractivity (Wildman–Crippen MR) is 127 cm³/mol. The molecule has 5 rings (SSSR count). The number of imidazole rings is 1. The van der Waals surface area contributed by atoms with Crippen molar-refractivity contribution in [2.75, 3.05) is 36.8 Å². The average molecular weight is 493 g/mol. The molecule has 1 N–H and O–H groups in total. The van der Waals surface area contributed by atoms with Crippen LogP contribution in [0.25, 0.3) is 11.2 Å². The van der Waals surface area contributed by atoms with Crippen LogP contribution in [-0.4, -0.2) is 69.5 Å². The van der Waals surface area contributed by atoms with Crippen molar-refractivity contribution in [2.45, 2.75) is 46.6 Å². The number of sulfonamides is 1. The number of carbonyl (C=O) groups excluding carboxylic acids is 1. The molecule has 11 nitrogen and oxygen atoms in total. The summed E-state index contributed by atoms with van der Waals surface area (Å²) in [4.78, 5) is 46.2. The number of nitrogens with zero attached hydrogens (tertiary/aromatic N) is 5. The SMILES string of the molecule is CCn1c(N2CCN(S(=O)(=O)C[C@]34CC[C@@H](CC3=O)C4(C)C)CC2)nc2c1c(=O)[nH]c(=O)n2C. The highest BCUT2D eigenvalue weighted by Crippen LogP contribution is 2.64. The number of aromatic nitrogens is 4. The zero-order valence-electron chi connectivity index (χ0n) is 20.1. The second-order valence-electron chi connectivity index (χ2n) is 10.5. The highest BCUT2D eigenvalue weighted by molar-refractivity contribution is 7.89. The zero-order valence-corrected chi connectivity index (χ0v) is 20.9. The van der Waals surface area contributed by atoms with E-state index in [1.165, 1.54) is 8.87 Å². The van der Waals surface area contributed by atoms with Crippen molar-refractivity contribution in [3.63, 3.8) is 0 Å². The topological polar surface area (TPSA) is 130 Å². The van der Waals surface area contributed by atoms with Gasteiger partial charge in [-0.2, -0.15) is 9.29 Å². The molecule has 0 radical (unpaired) electrons. The third kappa shape index (κ3) is 3.07. The summed E-state index contributed by atoms with van der Waals surface area (Å²) in [6, 6.07) is 0. The second-order valence-corrected chi connectivity index (χ2v) is 12.4. The van der Waals surface area contributed by atoms with E-state index in [2.05, 4.69) is 9.97 Å². The number of nitrogens with one attached hydrogen (secondary N) is 1. The summed E-state index contributed by atoms with van der Waals surface area (Å²) < 4.78 is 31.4. The number of Topliss-reactive ketones (excluding diaryl/α,β-unsaturated/α-hetero) is 1. The lowest BCUT2D eigenvalue weighted by molar-refractivity contribution is -0.128. The first kappa shape index (κ1) is 23.3. The number of ketones is 1. The first-order valence-corrected chi connectivity index (χ1v) is 13.5. The van der Waals surface area contributed by atoms with Gasteiger partial charge in [-0.3, -0.25) is 19.1 Å². The maximum absolute atomic E-state index is 13.4. The molecule has 0 spiro atoms. The largest absolute Gasteiger partial charge is 0.340 e. The number of aromatic amines is 1. The summed E-state index contributed by atoms with van der Waals surface area (Å²) in [7, 11) is -2.07. The number of carbonyl (C=O) groups is 1. The minimum Gasteiger partial charge on any atom is -0.340 e. The van der Waals surface area contributed by atoms with E-state index in [9.17, 15) is 22.8 Å². The van der Waals surface area contributed by atoms with E-state index in [0.717, 1.165) is 6.42 Å². The zero-order chi connectivity index (χ0) is 24.6. The summed E-state index contributed by atoms with van der Waals surface area (Å²) in [5.41, 5.74) is -1.47. The smallest absolute Gasteiger partial charge is 0.329 e. The van der Waals surface area contributed by atoms with Crippen LogP contribution in [0.15, 0.2) is 9.59 Å².